The number of rotatable bonds is 7. The SMILES string of the molecule is CCN(C)C(=O)[C@@H]1C[C@H](N(C2CCC(C)(C)CC2)S(C)(=O)=O)CN1C(=O)[C@@H]1CN(C(C)(C)C)C[C@H]1c1ccc(Cl)cc1. The van der Waals surface area contributed by atoms with Gasteiger partial charge in [0.1, 0.15) is 6.04 Å². The molecule has 2 saturated heterocycles. The van der Waals surface area contributed by atoms with Crippen LogP contribution in [-0.2, 0) is 19.6 Å². The minimum Gasteiger partial charge on any atom is -0.344 e. The van der Waals surface area contributed by atoms with E-state index < -0.39 is 22.1 Å². The van der Waals surface area contributed by atoms with Gasteiger partial charge in [-0.15, -0.1) is 0 Å². The average molecular weight is 623 g/mol. The molecule has 10 heteroatoms. The number of carbonyl (C=O) groups excluding carboxylic acids is 2. The third-order valence-electron chi connectivity index (χ3n) is 9.99. The molecule has 4 rings (SSSR count). The second-order valence-corrected chi connectivity index (χ2v) is 16.9. The molecule has 1 saturated carbocycles. The smallest absolute Gasteiger partial charge is 0.245 e. The Bertz CT molecular complexity index is 1240. The van der Waals surface area contributed by atoms with E-state index in [4.69, 9.17) is 11.6 Å². The number of halogens is 1. The van der Waals surface area contributed by atoms with Gasteiger partial charge < -0.3 is 9.80 Å². The van der Waals surface area contributed by atoms with Crippen molar-refractivity contribution < 1.29 is 18.0 Å². The van der Waals surface area contributed by atoms with Crippen molar-refractivity contribution in [3.8, 4) is 0 Å². The van der Waals surface area contributed by atoms with E-state index in [1.54, 1.807) is 21.2 Å². The molecule has 0 unspecified atom stereocenters. The number of likely N-dealkylation sites (tertiary alicyclic amines) is 2. The molecule has 0 N–H and O–H groups in total. The Morgan fingerprint density at radius 1 is 1.02 bits per heavy atom. The van der Waals surface area contributed by atoms with E-state index in [0.717, 1.165) is 37.8 Å². The highest BCUT2D eigenvalue weighted by Crippen LogP contribution is 2.42. The molecule has 2 heterocycles. The van der Waals surface area contributed by atoms with Gasteiger partial charge in [-0.1, -0.05) is 37.6 Å². The molecule has 1 aromatic rings. The predicted molar refractivity (Wildman–Crippen MR) is 169 cm³/mol. The van der Waals surface area contributed by atoms with Crippen molar-refractivity contribution in [3.05, 3.63) is 34.9 Å². The van der Waals surface area contributed by atoms with Gasteiger partial charge >= 0.3 is 0 Å². The lowest BCUT2D eigenvalue weighted by Crippen LogP contribution is -2.51. The summed E-state index contributed by atoms with van der Waals surface area (Å²) in [5.74, 6) is -0.599. The van der Waals surface area contributed by atoms with Gasteiger partial charge in [0.05, 0.1) is 12.2 Å². The Labute approximate surface area is 258 Å². The van der Waals surface area contributed by atoms with Crippen LogP contribution in [0, 0.1) is 11.3 Å². The quantitative estimate of drug-likeness (QED) is 0.435. The molecule has 1 aliphatic carbocycles. The van der Waals surface area contributed by atoms with E-state index in [1.807, 2.05) is 31.2 Å². The Morgan fingerprint density at radius 3 is 2.14 bits per heavy atom. The highest BCUT2D eigenvalue weighted by Gasteiger charge is 2.51. The molecule has 3 fully saturated rings. The van der Waals surface area contributed by atoms with E-state index in [9.17, 15) is 18.0 Å². The number of carbonyl (C=O) groups is 2. The molecule has 8 nitrogen and oxygen atoms in total. The van der Waals surface area contributed by atoms with Crippen molar-refractivity contribution in [1.82, 2.24) is 19.0 Å². The Kier molecular flexibility index (Phi) is 9.78. The van der Waals surface area contributed by atoms with Gasteiger partial charge in [-0.3, -0.25) is 14.5 Å². The first kappa shape index (κ1) is 33.2. The normalized spacial score (nSPS) is 27.5. The number of hydrogen-bond acceptors (Lipinski definition) is 5. The third kappa shape index (κ3) is 7.16. The van der Waals surface area contributed by atoms with Gasteiger partial charge in [0, 0.05) is 61.8 Å². The summed E-state index contributed by atoms with van der Waals surface area (Å²) in [5, 5.41) is 0.648. The monoisotopic (exact) mass is 622 g/mol. The largest absolute Gasteiger partial charge is 0.344 e. The van der Waals surface area contributed by atoms with Gasteiger partial charge in [0.25, 0.3) is 0 Å². The maximum atomic E-state index is 14.6. The number of nitrogens with zero attached hydrogens (tertiary/aromatic N) is 4. The Morgan fingerprint density at radius 2 is 1.62 bits per heavy atom. The van der Waals surface area contributed by atoms with Crippen LogP contribution in [0.1, 0.15) is 85.1 Å². The van der Waals surface area contributed by atoms with E-state index in [2.05, 4.69) is 39.5 Å². The number of hydrogen-bond donors (Lipinski definition) is 0. The molecule has 2 amide bonds. The van der Waals surface area contributed by atoms with Crippen molar-refractivity contribution in [1.29, 1.82) is 0 Å². The third-order valence-corrected chi connectivity index (χ3v) is 11.6. The Balaban J connectivity index is 1.68. The zero-order valence-electron chi connectivity index (χ0n) is 26.8. The summed E-state index contributed by atoms with van der Waals surface area (Å²) in [6, 6.07) is 6.49. The number of benzene rings is 1. The Hall–Kier alpha value is -1.68. The fourth-order valence-corrected chi connectivity index (χ4v) is 8.80. The fourth-order valence-electron chi connectivity index (χ4n) is 7.23. The standard InChI is InChI=1S/C32H51ClN4O4S/c1-9-34(7)30(39)28-18-25(37(42(8,40)41)24-14-16-32(5,6)17-15-24)19-36(28)29(38)27-21-35(31(2,3)4)20-26(27)22-10-12-23(33)13-11-22/h10-13,24-28H,9,14-21H2,1-8H3/t25-,26-,27+,28-/m0/s1. The molecule has 0 aromatic heterocycles. The summed E-state index contributed by atoms with van der Waals surface area (Å²) in [4.78, 5) is 34.1. The molecule has 1 aromatic carbocycles. The maximum absolute atomic E-state index is 14.6. The van der Waals surface area contributed by atoms with Crippen molar-refractivity contribution in [3.63, 3.8) is 0 Å². The number of likely N-dealkylation sites (N-methyl/N-ethyl adjacent to an activating group) is 1. The lowest BCUT2D eigenvalue weighted by Gasteiger charge is -2.41. The molecular weight excluding hydrogens is 572 g/mol. The first-order valence-electron chi connectivity index (χ1n) is 15.5. The van der Waals surface area contributed by atoms with Crippen LogP contribution in [-0.4, -0.2) is 102 Å². The number of amides is 2. The molecular formula is C32H51ClN4O4S. The molecule has 4 atom stereocenters. The van der Waals surface area contributed by atoms with E-state index in [0.29, 0.717) is 24.5 Å². The molecule has 42 heavy (non-hydrogen) atoms. The molecule has 0 spiro atoms. The van der Waals surface area contributed by atoms with Crippen LogP contribution in [0.3, 0.4) is 0 Å². The van der Waals surface area contributed by atoms with Crippen molar-refractivity contribution >= 4 is 33.4 Å². The topological polar surface area (TPSA) is 81.2 Å². The zero-order valence-corrected chi connectivity index (χ0v) is 28.3. The van der Waals surface area contributed by atoms with E-state index in [1.165, 1.54) is 6.26 Å². The molecule has 236 valence electrons. The first-order valence-corrected chi connectivity index (χ1v) is 17.7. The molecule has 0 radical (unpaired) electrons. The second-order valence-electron chi connectivity index (χ2n) is 14.6. The van der Waals surface area contributed by atoms with Crippen LogP contribution in [0.4, 0.5) is 0 Å². The first-order chi connectivity index (χ1) is 19.4. The zero-order chi connectivity index (χ0) is 31.2. The maximum Gasteiger partial charge on any atom is 0.245 e. The van der Waals surface area contributed by atoms with E-state index >= 15 is 0 Å². The summed E-state index contributed by atoms with van der Waals surface area (Å²) >= 11 is 6.20. The molecule has 3 aliphatic rings. The molecule has 0 bridgehead atoms. The van der Waals surface area contributed by atoms with Crippen LogP contribution < -0.4 is 0 Å². The van der Waals surface area contributed by atoms with Crippen LogP contribution in [0.2, 0.25) is 5.02 Å². The highest BCUT2D eigenvalue weighted by molar-refractivity contribution is 7.88. The van der Waals surface area contributed by atoms with Gasteiger partial charge in [0.2, 0.25) is 21.8 Å². The number of sulfonamides is 1. The lowest BCUT2D eigenvalue weighted by atomic mass is 9.75. The highest BCUT2D eigenvalue weighted by atomic mass is 35.5. The average Bonchev–Trinajstić information content (AvgIpc) is 3.54. The molecule has 2 aliphatic heterocycles. The summed E-state index contributed by atoms with van der Waals surface area (Å²) < 4.78 is 28.3. The van der Waals surface area contributed by atoms with Crippen LogP contribution in [0.5, 0.6) is 0 Å². The van der Waals surface area contributed by atoms with Crippen LogP contribution in [0.15, 0.2) is 24.3 Å². The summed E-state index contributed by atoms with van der Waals surface area (Å²) in [5.41, 5.74) is 1.11. The van der Waals surface area contributed by atoms with Gasteiger partial charge in [-0.2, -0.15) is 4.31 Å². The minimum atomic E-state index is -3.56. The summed E-state index contributed by atoms with van der Waals surface area (Å²) in [7, 11) is -1.81. The van der Waals surface area contributed by atoms with E-state index in [-0.39, 0.29) is 47.2 Å². The summed E-state index contributed by atoms with van der Waals surface area (Å²) in [6.07, 6.45) is 5.09. The van der Waals surface area contributed by atoms with Crippen molar-refractivity contribution in [2.24, 2.45) is 11.3 Å². The van der Waals surface area contributed by atoms with Crippen LogP contribution >= 0.6 is 11.6 Å². The van der Waals surface area contributed by atoms with Gasteiger partial charge in [-0.05, 0) is 82.9 Å². The fraction of sp³-hybridized carbons (Fsp3) is 0.750. The van der Waals surface area contributed by atoms with Crippen molar-refractivity contribution in [2.75, 3.05) is 39.5 Å². The minimum absolute atomic E-state index is 0.0562. The van der Waals surface area contributed by atoms with Gasteiger partial charge in [-0.25, -0.2) is 8.42 Å². The summed E-state index contributed by atoms with van der Waals surface area (Å²) in [6.45, 7) is 14.9. The lowest BCUT2D eigenvalue weighted by molar-refractivity contribution is -0.145. The predicted octanol–water partition coefficient (Wildman–Crippen LogP) is 4.83. The van der Waals surface area contributed by atoms with Gasteiger partial charge in [0.15, 0.2) is 0 Å². The van der Waals surface area contributed by atoms with Crippen molar-refractivity contribution in [2.45, 2.75) is 103 Å². The van der Waals surface area contributed by atoms with Crippen LogP contribution in [0.25, 0.3) is 0 Å². The second kappa shape index (κ2) is 12.4.